The van der Waals surface area contributed by atoms with Crippen LogP contribution in [-0.2, 0) is 0 Å². The van der Waals surface area contributed by atoms with Crippen LogP contribution in [0.5, 0.6) is 0 Å². The molecule has 0 N–H and O–H groups in total. The largest absolute Gasteiger partial charge is 0.459 e. The molecule has 1 unspecified atom stereocenters. The Labute approximate surface area is 90.9 Å². The van der Waals surface area contributed by atoms with Crippen molar-refractivity contribution in [3.63, 3.8) is 0 Å². The zero-order chi connectivity index (χ0) is 13.4. The average molecular weight is 268 g/mol. The predicted octanol–water partition coefficient (Wildman–Crippen LogP) is 2.72. The van der Waals surface area contributed by atoms with Gasteiger partial charge in [-0.1, -0.05) is 12.1 Å². The maximum atomic E-state index is 13.1. The Morgan fingerprint density at radius 2 is 1.50 bits per heavy atom. The average Bonchev–Trinajstić information content (AvgIpc) is 2.01. The van der Waals surface area contributed by atoms with Gasteiger partial charge in [-0.3, -0.25) is 0 Å². The molecule has 0 aromatic carbocycles. The van der Waals surface area contributed by atoms with E-state index >= 15 is 0 Å². The zero-order valence-electron chi connectivity index (χ0n) is 8.64. The van der Waals surface area contributed by atoms with Crippen molar-refractivity contribution in [3.05, 3.63) is 11.8 Å². The Balaban J connectivity index is 5.41. The minimum absolute atomic E-state index is 0.0620. The van der Waals surface area contributed by atoms with Crippen LogP contribution in [0.3, 0.4) is 0 Å². The molecule has 0 spiro atoms. The van der Waals surface area contributed by atoms with Gasteiger partial charge in [-0.05, 0) is 6.42 Å². The van der Waals surface area contributed by atoms with E-state index in [0.29, 0.717) is 0 Å². The van der Waals surface area contributed by atoms with Gasteiger partial charge in [0.05, 0.1) is 0 Å². The van der Waals surface area contributed by atoms with Crippen molar-refractivity contribution < 1.29 is 30.7 Å². The number of alkyl halides is 7. The molecule has 0 aliphatic rings. The van der Waals surface area contributed by atoms with Gasteiger partial charge < -0.3 is 0 Å². The van der Waals surface area contributed by atoms with Crippen LogP contribution in [0.15, 0.2) is 11.8 Å². The molecule has 0 aromatic rings. The lowest BCUT2D eigenvalue weighted by atomic mass is 9.92. The van der Waals surface area contributed by atoms with Crippen molar-refractivity contribution in [1.82, 2.24) is 0 Å². The Kier molecular flexibility index (Phi) is 4.24. The molecule has 0 heterocycles. The third-order valence-corrected chi connectivity index (χ3v) is 2.91. The second kappa shape index (κ2) is 4.38. The van der Waals surface area contributed by atoms with E-state index in [4.69, 9.17) is 0 Å². The molecule has 16 heavy (non-hydrogen) atoms. The van der Waals surface area contributed by atoms with Crippen LogP contribution < -0.4 is 0 Å². The van der Waals surface area contributed by atoms with Crippen molar-refractivity contribution in [2.24, 2.45) is 5.92 Å². The van der Waals surface area contributed by atoms with Gasteiger partial charge in [0, 0.05) is 16.2 Å². The van der Waals surface area contributed by atoms with Crippen molar-refractivity contribution in [2.45, 2.75) is 31.4 Å². The van der Waals surface area contributed by atoms with Crippen molar-refractivity contribution in [1.29, 1.82) is 0 Å². The van der Waals surface area contributed by atoms with E-state index in [1.807, 2.05) is 0 Å². The molecule has 1 atom stereocenters. The third-order valence-electron chi connectivity index (χ3n) is 2.22. The van der Waals surface area contributed by atoms with Gasteiger partial charge >= 0.3 is 18.0 Å². The van der Waals surface area contributed by atoms with Crippen molar-refractivity contribution in [2.75, 3.05) is 0 Å². The van der Waals surface area contributed by atoms with Crippen LogP contribution in [0.4, 0.5) is 30.7 Å². The normalized spacial score (nSPS) is 16.2. The highest BCUT2D eigenvalue weighted by Gasteiger charge is 2.74. The molecule has 96 valence electrons. The number of allylic oxidation sites excluding steroid dienone is 1. The van der Waals surface area contributed by atoms with Crippen molar-refractivity contribution >= 4 is 10.2 Å². The van der Waals surface area contributed by atoms with Crippen LogP contribution in [-0.4, -0.2) is 28.3 Å². The van der Waals surface area contributed by atoms with Crippen LogP contribution in [0.25, 0.3) is 0 Å². The van der Waals surface area contributed by atoms with Gasteiger partial charge in [0.15, 0.2) is 0 Å². The number of hydrogen-bond acceptors (Lipinski definition) is 0. The molecule has 0 aromatic heterocycles. The first-order valence-electron chi connectivity index (χ1n) is 4.37. The summed E-state index contributed by atoms with van der Waals surface area (Å²) in [6, 6.07) is 0. The van der Waals surface area contributed by atoms with Crippen LogP contribution >= 0.6 is 0 Å². The van der Waals surface area contributed by atoms with Crippen LogP contribution in [0, 0.1) is 5.92 Å². The van der Waals surface area contributed by atoms with E-state index in [0.717, 1.165) is 6.92 Å². The summed E-state index contributed by atoms with van der Waals surface area (Å²) < 4.78 is 86.9. The van der Waals surface area contributed by atoms with E-state index in [1.165, 1.54) is 0 Å². The summed E-state index contributed by atoms with van der Waals surface area (Å²) in [4.78, 5) is 0. The number of hydrogen-bond donors (Lipinski definition) is 0. The van der Waals surface area contributed by atoms with E-state index < -0.39 is 30.4 Å². The lowest BCUT2D eigenvalue weighted by Crippen LogP contribution is -2.55. The molecule has 0 amide bonds. The summed E-state index contributed by atoms with van der Waals surface area (Å²) in [5, 5.41) is -0.267. The highest BCUT2D eigenvalue weighted by Crippen LogP contribution is 2.51. The second-order valence-electron chi connectivity index (χ2n) is 3.50. The molecule has 0 fully saturated rings. The Morgan fingerprint density at radius 3 is 1.69 bits per heavy atom. The van der Waals surface area contributed by atoms with Crippen molar-refractivity contribution in [3.8, 4) is 0 Å². The summed E-state index contributed by atoms with van der Waals surface area (Å²) in [5.41, 5.74) is 0. The number of rotatable bonds is 4. The molecule has 0 rings (SSSR count). The number of halogens is 7. The zero-order valence-corrected chi connectivity index (χ0v) is 10.6. The quantitative estimate of drug-likeness (QED) is 0.543. The maximum absolute atomic E-state index is 13.1. The van der Waals surface area contributed by atoms with Gasteiger partial charge in [0.1, 0.15) is 0 Å². The Bertz CT molecular complexity index is 268. The van der Waals surface area contributed by atoms with E-state index in [9.17, 15) is 30.7 Å². The molecular formula is C8H11F7Si. The molecular weight excluding hydrogens is 257 g/mol. The molecule has 0 saturated carbocycles. The molecule has 0 aliphatic heterocycles. The molecule has 8 heteroatoms. The third kappa shape index (κ3) is 2.41. The summed E-state index contributed by atoms with van der Waals surface area (Å²) in [7, 11) is -0.0620. The minimum atomic E-state index is -6.26. The Morgan fingerprint density at radius 1 is 1.12 bits per heavy atom. The first-order valence-corrected chi connectivity index (χ1v) is 5.37. The molecule has 0 radical (unpaired) electrons. The van der Waals surface area contributed by atoms with E-state index in [-0.39, 0.29) is 15.4 Å². The van der Waals surface area contributed by atoms with Crippen LogP contribution in [0.1, 0.15) is 13.3 Å². The SMILES string of the molecule is C=C([SiH3])C(CC)C(F)(F)C(F)(F)C(F)(F)F. The summed E-state index contributed by atoms with van der Waals surface area (Å²) in [5.74, 6) is -13.3. The molecule has 0 saturated heterocycles. The van der Waals surface area contributed by atoms with Gasteiger partial charge in [-0.25, -0.2) is 0 Å². The highest BCUT2D eigenvalue weighted by atomic mass is 28.1. The first kappa shape index (κ1) is 15.5. The van der Waals surface area contributed by atoms with Gasteiger partial charge in [-0.2, -0.15) is 30.7 Å². The fraction of sp³-hybridized carbons (Fsp3) is 0.750. The fourth-order valence-electron chi connectivity index (χ4n) is 1.32. The lowest BCUT2D eigenvalue weighted by Gasteiger charge is -2.34. The lowest BCUT2D eigenvalue weighted by molar-refractivity contribution is -0.363. The molecule has 0 aliphatic carbocycles. The monoisotopic (exact) mass is 268 g/mol. The summed E-state index contributed by atoms with van der Waals surface area (Å²) in [6.07, 6.45) is -6.78. The predicted molar refractivity (Wildman–Crippen MR) is 48.8 cm³/mol. The molecule has 0 nitrogen and oxygen atoms in total. The summed E-state index contributed by atoms with van der Waals surface area (Å²) >= 11 is 0. The summed E-state index contributed by atoms with van der Waals surface area (Å²) in [6.45, 7) is 4.19. The van der Waals surface area contributed by atoms with Gasteiger partial charge in [0.25, 0.3) is 0 Å². The maximum Gasteiger partial charge on any atom is 0.459 e. The van der Waals surface area contributed by atoms with E-state index in [1.54, 1.807) is 0 Å². The van der Waals surface area contributed by atoms with Gasteiger partial charge in [-0.15, -0.1) is 6.58 Å². The van der Waals surface area contributed by atoms with Crippen LogP contribution in [0.2, 0.25) is 0 Å². The molecule has 0 bridgehead atoms. The minimum Gasteiger partial charge on any atom is -0.199 e. The smallest absolute Gasteiger partial charge is 0.199 e. The van der Waals surface area contributed by atoms with Gasteiger partial charge in [0.2, 0.25) is 0 Å². The highest BCUT2D eigenvalue weighted by molar-refractivity contribution is 6.21. The fourth-order valence-corrected chi connectivity index (χ4v) is 2.09. The first-order chi connectivity index (χ1) is 6.89. The van der Waals surface area contributed by atoms with E-state index in [2.05, 4.69) is 6.58 Å². The topological polar surface area (TPSA) is 0 Å². The Hall–Kier alpha value is -0.533. The standard InChI is InChI=1S/C8H11F7Si/c1-3-5(4(2)16)6(9,10)7(11,12)8(13,14)15/h5H,2-3H2,1,16H3. The second-order valence-corrected chi connectivity index (χ2v) is 4.79.